The molecule has 1 N–H and O–H groups in total. The number of ether oxygens (including phenoxy) is 3. The zero-order valence-corrected chi connectivity index (χ0v) is 16.8. The Labute approximate surface area is 165 Å². The molecule has 7 heteroatoms. The van der Waals surface area contributed by atoms with E-state index in [0.29, 0.717) is 13.2 Å². The van der Waals surface area contributed by atoms with E-state index in [9.17, 15) is 9.59 Å². The van der Waals surface area contributed by atoms with Crippen LogP contribution in [-0.2, 0) is 29.6 Å². The number of amides is 1. The Kier molecular flexibility index (Phi) is 9.66. The van der Waals surface area contributed by atoms with Gasteiger partial charge in [0, 0.05) is 24.7 Å². The van der Waals surface area contributed by atoms with Gasteiger partial charge < -0.3 is 19.5 Å². The minimum atomic E-state index is -0.842. The number of esters is 1. The highest BCUT2D eigenvalue weighted by Crippen LogP contribution is 2.13. The molecule has 2 rings (SSSR count). The third kappa shape index (κ3) is 8.32. The van der Waals surface area contributed by atoms with Crippen LogP contribution in [0.15, 0.2) is 30.3 Å². The van der Waals surface area contributed by atoms with Crippen LogP contribution in [0.3, 0.4) is 0 Å². The van der Waals surface area contributed by atoms with Gasteiger partial charge in [-0.2, -0.15) is 11.8 Å². The second-order valence-electron chi connectivity index (χ2n) is 6.52. The largest absolute Gasteiger partial charge is 0.451 e. The predicted octanol–water partition coefficient (Wildman–Crippen LogP) is 2.55. The lowest BCUT2D eigenvalue weighted by Crippen LogP contribution is -2.39. The molecule has 6 nitrogen and oxygen atoms in total. The summed E-state index contributed by atoms with van der Waals surface area (Å²) in [4.78, 5) is 24.1. The Morgan fingerprint density at radius 2 is 2.04 bits per heavy atom. The van der Waals surface area contributed by atoms with Crippen LogP contribution in [-0.4, -0.2) is 55.7 Å². The van der Waals surface area contributed by atoms with Crippen molar-refractivity contribution < 1.29 is 23.8 Å². The van der Waals surface area contributed by atoms with Crippen LogP contribution in [0.25, 0.3) is 0 Å². The van der Waals surface area contributed by atoms with Crippen LogP contribution in [0.1, 0.15) is 32.3 Å². The molecule has 1 saturated heterocycles. The van der Waals surface area contributed by atoms with Crippen molar-refractivity contribution in [2.45, 2.75) is 50.8 Å². The standard InChI is InChI=1S/C20H29NO5S/c1-15(26-20(23)16(2)25-13-18-9-6-11-24-18)19(22)21-10-12-27-14-17-7-4-3-5-8-17/h3-5,7-8,15-16,18H,6,9-14H2,1-2H3,(H,21,22). The van der Waals surface area contributed by atoms with Gasteiger partial charge in [0.1, 0.15) is 0 Å². The summed E-state index contributed by atoms with van der Waals surface area (Å²) in [6.45, 7) is 4.84. The lowest BCUT2D eigenvalue weighted by atomic mass is 10.2. The minimum Gasteiger partial charge on any atom is -0.451 e. The Morgan fingerprint density at radius 3 is 2.74 bits per heavy atom. The van der Waals surface area contributed by atoms with Crippen molar-refractivity contribution >= 4 is 23.6 Å². The first-order chi connectivity index (χ1) is 13.1. The van der Waals surface area contributed by atoms with Gasteiger partial charge in [-0.3, -0.25) is 4.79 Å². The molecule has 1 fully saturated rings. The SMILES string of the molecule is CC(OC(=O)C(C)OCC1CCCO1)C(=O)NCCSCc1ccccc1. The summed E-state index contributed by atoms with van der Waals surface area (Å²) in [5.74, 6) is 0.868. The highest BCUT2D eigenvalue weighted by atomic mass is 32.2. The van der Waals surface area contributed by atoms with Crippen LogP contribution in [0.5, 0.6) is 0 Å². The average Bonchev–Trinajstić information content (AvgIpc) is 3.20. The summed E-state index contributed by atoms with van der Waals surface area (Å²) < 4.78 is 16.1. The second kappa shape index (κ2) is 12.0. The highest BCUT2D eigenvalue weighted by molar-refractivity contribution is 7.98. The zero-order valence-electron chi connectivity index (χ0n) is 16.0. The maximum Gasteiger partial charge on any atom is 0.335 e. The van der Waals surface area contributed by atoms with Crippen LogP contribution in [0.2, 0.25) is 0 Å². The van der Waals surface area contributed by atoms with Crippen molar-refractivity contribution in [3.05, 3.63) is 35.9 Å². The van der Waals surface area contributed by atoms with E-state index in [0.717, 1.165) is 31.0 Å². The molecule has 150 valence electrons. The molecule has 1 aromatic rings. The summed E-state index contributed by atoms with van der Waals surface area (Å²) in [7, 11) is 0. The van der Waals surface area contributed by atoms with Crippen molar-refractivity contribution in [3.63, 3.8) is 0 Å². The molecule has 0 spiro atoms. The lowest BCUT2D eigenvalue weighted by Gasteiger charge is -2.18. The van der Waals surface area contributed by atoms with Crippen molar-refractivity contribution in [2.24, 2.45) is 0 Å². The molecule has 1 aliphatic rings. The predicted molar refractivity (Wildman–Crippen MR) is 106 cm³/mol. The maximum absolute atomic E-state index is 12.0. The Bertz CT molecular complexity index is 577. The number of hydrogen-bond acceptors (Lipinski definition) is 6. The normalized spacial score (nSPS) is 18.7. The number of thioether (sulfide) groups is 1. The van der Waals surface area contributed by atoms with Crippen molar-refractivity contribution in [2.75, 3.05) is 25.5 Å². The molecule has 1 heterocycles. The first kappa shape index (κ1) is 21.7. The average molecular weight is 396 g/mol. The van der Waals surface area contributed by atoms with E-state index >= 15 is 0 Å². The zero-order chi connectivity index (χ0) is 19.5. The van der Waals surface area contributed by atoms with Crippen LogP contribution in [0, 0.1) is 0 Å². The molecule has 0 saturated carbocycles. The molecule has 0 aromatic heterocycles. The van der Waals surface area contributed by atoms with E-state index in [-0.39, 0.29) is 12.0 Å². The first-order valence-electron chi connectivity index (χ1n) is 9.39. The van der Waals surface area contributed by atoms with E-state index in [4.69, 9.17) is 14.2 Å². The van der Waals surface area contributed by atoms with Gasteiger partial charge in [0.15, 0.2) is 12.2 Å². The molecular weight excluding hydrogens is 366 g/mol. The van der Waals surface area contributed by atoms with Gasteiger partial charge >= 0.3 is 5.97 Å². The number of benzene rings is 1. The highest BCUT2D eigenvalue weighted by Gasteiger charge is 2.24. The van der Waals surface area contributed by atoms with Gasteiger partial charge in [0.25, 0.3) is 5.91 Å². The summed E-state index contributed by atoms with van der Waals surface area (Å²) in [5.41, 5.74) is 1.26. The Morgan fingerprint density at radius 1 is 1.26 bits per heavy atom. The monoisotopic (exact) mass is 395 g/mol. The second-order valence-corrected chi connectivity index (χ2v) is 7.62. The number of carbonyl (C=O) groups is 2. The van der Waals surface area contributed by atoms with E-state index in [1.807, 2.05) is 18.2 Å². The van der Waals surface area contributed by atoms with Crippen molar-refractivity contribution in [3.8, 4) is 0 Å². The fourth-order valence-corrected chi connectivity index (χ4v) is 3.39. The molecule has 3 atom stereocenters. The summed E-state index contributed by atoms with van der Waals surface area (Å²) in [6.07, 6.45) is 0.460. The Hall–Kier alpha value is -1.57. The van der Waals surface area contributed by atoms with Crippen LogP contribution in [0.4, 0.5) is 0 Å². The third-order valence-electron chi connectivity index (χ3n) is 4.21. The molecule has 1 aromatic carbocycles. The van der Waals surface area contributed by atoms with Crippen LogP contribution >= 0.6 is 11.8 Å². The molecule has 0 aliphatic carbocycles. The number of nitrogens with one attached hydrogen (secondary N) is 1. The van der Waals surface area contributed by atoms with Crippen molar-refractivity contribution in [1.82, 2.24) is 5.32 Å². The molecule has 27 heavy (non-hydrogen) atoms. The fourth-order valence-electron chi connectivity index (χ4n) is 2.57. The van der Waals surface area contributed by atoms with E-state index in [2.05, 4.69) is 17.4 Å². The summed E-state index contributed by atoms with van der Waals surface area (Å²) in [6, 6.07) is 10.2. The molecule has 0 radical (unpaired) electrons. The van der Waals surface area contributed by atoms with E-state index < -0.39 is 18.2 Å². The molecule has 1 aliphatic heterocycles. The fraction of sp³-hybridized carbons (Fsp3) is 0.600. The van der Waals surface area contributed by atoms with Crippen LogP contribution < -0.4 is 5.32 Å². The molecule has 1 amide bonds. The molecule has 3 unspecified atom stereocenters. The van der Waals surface area contributed by atoms with Gasteiger partial charge in [0.2, 0.25) is 0 Å². The third-order valence-corrected chi connectivity index (χ3v) is 5.24. The number of carbonyl (C=O) groups excluding carboxylic acids is 2. The number of hydrogen-bond donors (Lipinski definition) is 1. The molecule has 0 bridgehead atoms. The minimum absolute atomic E-state index is 0.0503. The summed E-state index contributed by atoms with van der Waals surface area (Å²) >= 11 is 1.74. The maximum atomic E-state index is 12.0. The quantitative estimate of drug-likeness (QED) is 0.459. The summed E-state index contributed by atoms with van der Waals surface area (Å²) in [5, 5.41) is 2.79. The molecular formula is C20H29NO5S. The number of rotatable bonds is 11. The van der Waals surface area contributed by atoms with Gasteiger partial charge in [-0.15, -0.1) is 0 Å². The van der Waals surface area contributed by atoms with Gasteiger partial charge in [0.05, 0.1) is 12.7 Å². The van der Waals surface area contributed by atoms with E-state index in [1.165, 1.54) is 5.56 Å². The van der Waals surface area contributed by atoms with Gasteiger partial charge in [-0.05, 0) is 32.3 Å². The lowest BCUT2D eigenvalue weighted by molar-refractivity contribution is -0.166. The van der Waals surface area contributed by atoms with Gasteiger partial charge in [-0.25, -0.2) is 4.79 Å². The van der Waals surface area contributed by atoms with E-state index in [1.54, 1.807) is 25.6 Å². The Balaban J connectivity index is 1.56. The first-order valence-corrected chi connectivity index (χ1v) is 10.5. The topological polar surface area (TPSA) is 73.9 Å². The van der Waals surface area contributed by atoms with Crippen molar-refractivity contribution in [1.29, 1.82) is 0 Å². The van der Waals surface area contributed by atoms with Gasteiger partial charge in [-0.1, -0.05) is 30.3 Å². The smallest absolute Gasteiger partial charge is 0.335 e.